The molecule has 4 nitrogen and oxygen atoms in total. The lowest BCUT2D eigenvalue weighted by Gasteiger charge is -2.08. The maximum atomic E-state index is 11.9. The number of amides is 1. The summed E-state index contributed by atoms with van der Waals surface area (Å²) in [6, 6.07) is 28.2. The summed E-state index contributed by atoms with van der Waals surface area (Å²) in [5, 5.41) is 12.1. The van der Waals surface area contributed by atoms with Crippen molar-refractivity contribution in [3.05, 3.63) is 96.1 Å². The summed E-state index contributed by atoms with van der Waals surface area (Å²) >= 11 is 0. The fourth-order valence-corrected chi connectivity index (χ4v) is 2.49. The molecule has 4 heteroatoms. The van der Waals surface area contributed by atoms with E-state index in [4.69, 9.17) is 4.74 Å². The molecule has 0 saturated heterocycles. The minimum Gasteiger partial charge on any atom is -0.484 e. The van der Waals surface area contributed by atoms with Crippen molar-refractivity contribution in [2.45, 2.75) is 0 Å². The van der Waals surface area contributed by atoms with Gasteiger partial charge in [-0.05, 0) is 41.5 Å². The lowest BCUT2D eigenvalue weighted by Crippen LogP contribution is -2.20. The summed E-state index contributed by atoms with van der Waals surface area (Å²) in [4.78, 5) is 11.9. The average molecular weight is 354 g/mol. The molecule has 0 heterocycles. The van der Waals surface area contributed by atoms with E-state index < -0.39 is 0 Å². The van der Waals surface area contributed by atoms with E-state index in [1.54, 1.807) is 12.1 Å². The van der Waals surface area contributed by atoms with E-state index in [-0.39, 0.29) is 12.5 Å². The van der Waals surface area contributed by atoms with Crippen molar-refractivity contribution in [1.82, 2.24) is 0 Å². The molecular formula is C23H18N2O2. The van der Waals surface area contributed by atoms with Gasteiger partial charge in [0.1, 0.15) is 5.75 Å². The molecule has 1 N–H and O–H groups in total. The van der Waals surface area contributed by atoms with Gasteiger partial charge < -0.3 is 10.1 Å². The van der Waals surface area contributed by atoms with Gasteiger partial charge in [-0.1, -0.05) is 60.7 Å². The van der Waals surface area contributed by atoms with Crippen LogP contribution in [-0.4, -0.2) is 12.5 Å². The Morgan fingerprint density at radius 3 is 2.19 bits per heavy atom. The fourth-order valence-electron chi connectivity index (χ4n) is 2.49. The van der Waals surface area contributed by atoms with E-state index in [0.717, 1.165) is 16.8 Å². The van der Waals surface area contributed by atoms with Crippen molar-refractivity contribution in [2.24, 2.45) is 0 Å². The van der Waals surface area contributed by atoms with Gasteiger partial charge in [0.05, 0.1) is 11.6 Å². The number of allylic oxidation sites excluding steroid dienone is 1. The number of benzene rings is 3. The molecule has 0 radical (unpaired) electrons. The number of nitrogens with zero attached hydrogens (tertiary/aromatic N) is 1. The third kappa shape index (κ3) is 5.32. The van der Waals surface area contributed by atoms with E-state index in [9.17, 15) is 10.1 Å². The molecule has 0 unspecified atom stereocenters. The number of ether oxygens (including phenoxy) is 1. The lowest BCUT2D eigenvalue weighted by atomic mass is 10.0. The Morgan fingerprint density at radius 1 is 0.926 bits per heavy atom. The van der Waals surface area contributed by atoms with Gasteiger partial charge in [-0.25, -0.2) is 0 Å². The zero-order chi connectivity index (χ0) is 18.9. The summed E-state index contributed by atoms with van der Waals surface area (Å²) in [5.41, 5.74) is 3.08. The van der Waals surface area contributed by atoms with Crippen LogP contribution in [0, 0.1) is 11.3 Å². The topological polar surface area (TPSA) is 62.1 Å². The van der Waals surface area contributed by atoms with Gasteiger partial charge in [0, 0.05) is 5.69 Å². The van der Waals surface area contributed by atoms with Gasteiger partial charge >= 0.3 is 0 Å². The second kappa shape index (κ2) is 9.02. The first-order valence-electron chi connectivity index (χ1n) is 8.49. The standard InChI is InChI=1S/C23H18N2O2/c24-16-20(19-7-3-1-4-8-19)15-18-11-13-22(14-12-18)27-17-23(26)25-21-9-5-2-6-10-21/h1-15H,17H2,(H,25,26)/b20-15+. The fraction of sp³-hybridized carbons (Fsp3) is 0.0435. The predicted octanol–water partition coefficient (Wildman–Crippen LogP) is 4.77. The van der Waals surface area contributed by atoms with Gasteiger partial charge in [-0.3, -0.25) is 4.79 Å². The second-order valence-corrected chi connectivity index (χ2v) is 5.81. The van der Waals surface area contributed by atoms with Crippen molar-refractivity contribution in [3.8, 4) is 11.8 Å². The number of nitrogens with one attached hydrogen (secondary N) is 1. The highest BCUT2D eigenvalue weighted by atomic mass is 16.5. The zero-order valence-electron chi connectivity index (χ0n) is 14.6. The van der Waals surface area contributed by atoms with Gasteiger partial charge in [0.25, 0.3) is 5.91 Å². The maximum Gasteiger partial charge on any atom is 0.262 e. The Bertz CT molecular complexity index is 957. The lowest BCUT2D eigenvalue weighted by molar-refractivity contribution is -0.118. The van der Waals surface area contributed by atoms with Crippen molar-refractivity contribution >= 4 is 23.2 Å². The van der Waals surface area contributed by atoms with Crippen LogP contribution in [0.4, 0.5) is 5.69 Å². The number of rotatable bonds is 6. The number of carbonyl (C=O) groups is 1. The SMILES string of the molecule is N#C/C(=C\c1ccc(OCC(=O)Nc2ccccc2)cc1)c1ccccc1. The van der Waals surface area contributed by atoms with E-state index >= 15 is 0 Å². The molecule has 0 aliphatic rings. The molecule has 27 heavy (non-hydrogen) atoms. The van der Waals surface area contributed by atoms with Crippen LogP contribution >= 0.6 is 0 Å². The van der Waals surface area contributed by atoms with E-state index in [1.165, 1.54) is 0 Å². The minimum atomic E-state index is -0.221. The average Bonchev–Trinajstić information content (AvgIpc) is 2.73. The highest BCUT2D eigenvalue weighted by molar-refractivity contribution is 5.92. The zero-order valence-corrected chi connectivity index (χ0v) is 14.6. The number of anilines is 1. The molecule has 1 amide bonds. The molecule has 3 aromatic carbocycles. The third-order valence-electron chi connectivity index (χ3n) is 3.82. The number of para-hydroxylation sites is 1. The Kier molecular flexibility index (Phi) is 6.00. The van der Waals surface area contributed by atoms with Gasteiger partial charge in [-0.2, -0.15) is 5.26 Å². The number of nitriles is 1. The van der Waals surface area contributed by atoms with Crippen LogP contribution in [0.1, 0.15) is 11.1 Å². The number of hydrogen-bond donors (Lipinski definition) is 1. The first-order chi connectivity index (χ1) is 13.2. The summed E-state index contributed by atoms with van der Waals surface area (Å²) in [6.07, 6.45) is 1.82. The number of hydrogen-bond acceptors (Lipinski definition) is 3. The minimum absolute atomic E-state index is 0.0719. The molecule has 0 aliphatic heterocycles. The van der Waals surface area contributed by atoms with Crippen LogP contribution < -0.4 is 10.1 Å². The first kappa shape index (κ1) is 18.0. The molecular weight excluding hydrogens is 336 g/mol. The molecule has 0 bridgehead atoms. The van der Waals surface area contributed by atoms with Crippen molar-refractivity contribution in [3.63, 3.8) is 0 Å². The van der Waals surface area contributed by atoms with Crippen LogP contribution in [-0.2, 0) is 4.79 Å². The quantitative estimate of drug-likeness (QED) is 0.512. The molecule has 0 spiro atoms. The Balaban J connectivity index is 1.59. The van der Waals surface area contributed by atoms with Crippen molar-refractivity contribution in [2.75, 3.05) is 11.9 Å². The summed E-state index contributed by atoms with van der Waals surface area (Å²) in [5.74, 6) is 0.370. The summed E-state index contributed by atoms with van der Waals surface area (Å²) in [7, 11) is 0. The van der Waals surface area contributed by atoms with Crippen molar-refractivity contribution < 1.29 is 9.53 Å². The van der Waals surface area contributed by atoms with Crippen LogP contribution in [0.2, 0.25) is 0 Å². The molecule has 0 aliphatic carbocycles. The van der Waals surface area contributed by atoms with E-state index in [2.05, 4.69) is 11.4 Å². The molecule has 132 valence electrons. The highest BCUT2D eigenvalue weighted by Gasteiger charge is 2.04. The largest absolute Gasteiger partial charge is 0.484 e. The molecule has 0 aromatic heterocycles. The van der Waals surface area contributed by atoms with Gasteiger partial charge in [0.2, 0.25) is 0 Å². The smallest absolute Gasteiger partial charge is 0.262 e. The molecule has 0 fully saturated rings. The van der Waals surface area contributed by atoms with Crippen LogP contribution in [0.15, 0.2) is 84.9 Å². The van der Waals surface area contributed by atoms with Crippen molar-refractivity contribution in [1.29, 1.82) is 5.26 Å². The third-order valence-corrected chi connectivity index (χ3v) is 3.82. The van der Waals surface area contributed by atoms with Crippen LogP contribution in [0.25, 0.3) is 11.6 Å². The predicted molar refractivity (Wildman–Crippen MR) is 107 cm³/mol. The number of carbonyl (C=O) groups excluding carboxylic acids is 1. The molecule has 0 atom stereocenters. The first-order valence-corrected chi connectivity index (χ1v) is 8.49. The van der Waals surface area contributed by atoms with Gasteiger partial charge in [0.15, 0.2) is 6.61 Å². The molecule has 3 rings (SSSR count). The monoisotopic (exact) mass is 354 g/mol. The summed E-state index contributed by atoms with van der Waals surface area (Å²) in [6.45, 7) is -0.0719. The Morgan fingerprint density at radius 2 is 1.56 bits per heavy atom. The maximum absolute atomic E-state index is 11.9. The second-order valence-electron chi connectivity index (χ2n) is 5.81. The molecule has 3 aromatic rings. The van der Waals surface area contributed by atoms with Crippen LogP contribution in [0.5, 0.6) is 5.75 Å². The van der Waals surface area contributed by atoms with Crippen LogP contribution in [0.3, 0.4) is 0 Å². The van der Waals surface area contributed by atoms with E-state index in [0.29, 0.717) is 11.3 Å². The van der Waals surface area contributed by atoms with E-state index in [1.807, 2.05) is 78.9 Å². The Hall–Kier alpha value is -3.84. The van der Waals surface area contributed by atoms with Gasteiger partial charge in [-0.15, -0.1) is 0 Å². The Labute approximate surface area is 158 Å². The molecule has 0 saturated carbocycles. The normalized spacial score (nSPS) is 10.7. The summed E-state index contributed by atoms with van der Waals surface area (Å²) < 4.78 is 5.51. The highest BCUT2D eigenvalue weighted by Crippen LogP contribution is 2.19.